The fourth-order valence-corrected chi connectivity index (χ4v) is 5.52. The van der Waals surface area contributed by atoms with Crippen LogP contribution in [0.15, 0.2) is 71.1 Å². The zero-order valence-corrected chi connectivity index (χ0v) is 22.6. The van der Waals surface area contributed by atoms with Crippen molar-refractivity contribution in [1.29, 1.82) is 0 Å². The van der Waals surface area contributed by atoms with Crippen LogP contribution in [-0.2, 0) is 9.53 Å². The molecule has 204 valence electrons. The molecule has 0 N–H and O–H groups in total. The van der Waals surface area contributed by atoms with Crippen LogP contribution in [0.3, 0.4) is 0 Å². The molecule has 8 nitrogen and oxygen atoms in total. The summed E-state index contributed by atoms with van der Waals surface area (Å²) in [7, 11) is 1.61. The van der Waals surface area contributed by atoms with Crippen LogP contribution in [0.25, 0.3) is 0 Å². The van der Waals surface area contributed by atoms with E-state index in [1.807, 2.05) is 41.8 Å². The summed E-state index contributed by atoms with van der Waals surface area (Å²) >= 11 is 1.57. The first kappa shape index (κ1) is 27.0. The summed E-state index contributed by atoms with van der Waals surface area (Å²) in [6.07, 6.45) is 0.549. The predicted octanol–water partition coefficient (Wildman–Crippen LogP) is 4.05. The summed E-state index contributed by atoms with van der Waals surface area (Å²) < 4.78 is 25.3. The van der Waals surface area contributed by atoms with E-state index in [0.29, 0.717) is 26.2 Å². The molecular formula is C29H31FN4O4S. The molecule has 2 aromatic carbocycles. The third-order valence-corrected chi connectivity index (χ3v) is 7.90. The molecule has 1 saturated heterocycles. The number of benzene rings is 2. The Bertz CT molecular complexity index is 1310. The molecule has 3 aromatic rings. The molecule has 3 heterocycles. The van der Waals surface area contributed by atoms with E-state index < -0.39 is 11.7 Å². The smallest absolute Gasteiger partial charge is 0.262 e. The minimum Gasteiger partial charge on any atom is -0.497 e. The average Bonchev–Trinajstić information content (AvgIpc) is 3.67. The van der Waals surface area contributed by atoms with Crippen molar-refractivity contribution >= 4 is 28.9 Å². The van der Waals surface area contributed by atoms with Crippen LogP contribution in [-0.4, -0.2) is 85.4 Å². The molecule has 10 heteroatoms. The molecule has 2 aliphatic heterocycles. The van der Waals surface area contributed by atoms with E-state index in [1.54, 1.807) is 30.6 Å². The number of carbonyl (C=O) groups is 2. The second kappa shape index (κ2) is 12.5. The van der Waals surface area contributed by atoms with Crippen molar-refractivity contribution in [2.24, 2.45) is 5.10 Å². The van der Waals surface area contributed by atoms with Crippen molar-refractivity contribution in [1.82, 2.24) is 14.8 Å². The Labute approximate surface area is 231 Å². The van der Waals surface area contributed by atoms with Crippen LogP contribution in [0.2, 0.25) is 0 Å². The van der Waals surface area contributed by atoms with Gasteiger partial charge >= 0.3 is 0 Å². The van der Waals surface area contributed by atoms with Gasteiger partial charge in [0.2, 0.25) is 0 Å². The van der Waals surface area contributed by atoms with E-state index >= 15 is 0 Å². The van der Waals surface area contributed by atoms with Gasteiger partial charge in [0.15, 0.2) is 0 Å². The largest absolute Gasteiger partial charge is 0.497 e. The highest BCUT2D eigenvalue weighted by atomic mass is 32.1. The minimum atomic E-state index is -0.610. The number of morpholine rings is 1. The standard InChI is InChI=1S/C29H31FN4O4S/c1-37-22-10-8-21(9-11-22)26-19-25(27-7-4-18-39-27)31-34(26)28(35)20-33(13-12-32-14-16-38-17-15-32)29(36)23-5-2-3-6-24(23)30/h2-11,18,26H,12-17,19-20H2,1H3/t26-/m1/s1. The summed E-state index contributed by atoms with van der Waals surface area (Å²) in [5.41, 5.74) is 1.68. The predicted molar refractivity (Wildman–Crippen MR) is 148 cm³/mol. The van der Waals surface area contributed by atoms with E-state index in [1.165, 1.54) is 22.0 Å². The lowest BCUT2D eigenvalue weighted by molar-refractivity contribution is -0.133. The van der Waals surface area contributed by atoms with Gasteiger partial charge < -0.3 is 14.4 Å². The van der Waals surface area contributed by atoms with Crippen LogP contribution < -0.4 is 4.74 Å². The number of nitrogens with zero attached hydrogens (tertiary/aromatic N) is 4. The third kappa shape index (κ3) is 6.35. The minimum absolute atomic E-state index is 0.0526. The fraction of sp³-hybridized carbons (Fsp3) is 0.345. The summed E-state index contributed by atoms with van der Waals surface area (Å²) in [6.45, 7) is 3.36. The summed E-state index contributed by atoms with van der Waals surface area (Å²) in [4.78, 5) is 31.9. The zero-order chi connectivity index (χ0) is 27.2. The lowest BCUT2D eigenvalue weighted by atomic mass is 10.0. The molecule has 0 bridgehead atoms. The van der Waals surface area contributed by atoms with Gasteiger partial charge in [0.1, 0.15) is 18.1 Å². The Morgan fingerprint density at radius 1 is 1.10 bits per heavy atom. The molecule has 1 aromatic heterocycles. The van der Waals surface area contributed by atoms with Crippen molar-refractivity contribution in [3.05, 3.63) is 87.9 Å². The van der Waals surface area contributed by atoms with E-state index in [0.717, 1.165) is 35.0 Å². The highest BCUT2D eigenvalue weighted by Crippen LogP contribution is 2.34. The van der Waals surface area contributed by atoms with Crippen molar-refractivity contribution in [3.8, 4) is 5.75 Å². The van der Waals surface area contributed by atoms with Gasteiger partial charge in [0, 0.05) is 32.6 Å². The van der Waals surface area contributed by atoms with Crippen LogP contribution in [0.5, 0.6) is 5.75 Å². The number of thiophene rings is 1. The number of halogens is 1. The second-order valence-corrected chi connectivity index (χ2v) is 10.4. The summed E-state index contributed by atoms with van der Waals surface area (Å²) in [6, 6.07) is 17.1. The van der Waals surface area contributed by atoms with Crippen LogP contribution in [0.1, 0.15) is 33.3 Å². The lowest BCUT2D eigenvalue weighted by Crippen LogP contribution is -2.46. The van der Waals surface area contributed by atoms with Gasteiger partial charge in [0.05, 0.1) is 42.5 Å². The molecule has 0 aliphatic carbocycles. The SMILES string of the molecule is COc1ccc([C@H]2CC(c3cccs3)=NN2C(=O)CN(CCN2CCOCC2)C(=O)c2ccccc2F)cc1. The average molecular weight is 551 g/mol. The third-order valence-electron chi connectivity index (χ3n) is 6.98. The van der Waals surface area contributed by atoms with Crippen LogP contribution in [0.4, 0.5) is 4.39 Å². The second-order valence-electron chi connectivity index (χ2n) is 9.42. The highest BCUT2D eigenvalue weighted by molar-refractivity contribution is 7.12. The van der Waals surface area contributed by atoms with Crippen LogP contribution >= 0.6 is 11.3 Å². The first-order valence-electron chi connectivity index (χ1n) is 12.9. The number of ether oxygens (including phenoxy) is 2. The molecule has 39 heavy (non-hydrogen) atoms. The Balaban J connectivity index is 1.40. The molecule has 0 saturated carbocycles. The maximum absolute atomic E-state index is 14.6. The summed E-state index contributed by atoms with van der Waals surface area (Å²) in [5, 5.41) is 8.18. The van der Waals surface area contributed by atoms with Gasteiger partial charge in [-0.1, -0.05) is 30.3 Å². The number of hydrogen-bond donors (Lipinski definition) is 0. The van der Waals surface area contributed by atoms with Crippen LogP contribution in [0, 0.1) is 5.82 Å². The number of rotatable bonds is 9. The Kier molecular flexibility index (Phi) is 8.65. The first-order valence-corrected chi connectivity index (χ1v) is 13.8. The molecule has 0 spiro atoms. The Morgan fingerprint density at radius 3 is 2.56 bits per heavy atom. The van der Waals surface area contributed by atoms with Gasteiger partial charge in [-0.25, -0.2) is 9.40 Å². The van der Waals surface area contributed by atoms with Gasteiger partial charge in [0.25, 0.3) is 11.8 Å². The van der Waals surface area contributed by atoms with Gasteiger partial charge in [-0.15, -0.1) is 11.3 Å². The normalized spacial score (nSPS) is 17.6. The van der Waals surface area contributed by atoms with Crippen molar-refractivity contribution in [2.75, 3.05) is 53.0 Å². The van der Waals surface area contributed by atoms with E-state index in [-0.39, 0.29) is 30.6 Å². The Hall–Kier alpha value is -3.60. The topological polar surface area (TPSA) is 74.7 Å². The monoisotopic (exact) mass is 550 g/mol. The fourth-order valence-electron chi connectivity index (χ4n) is 4.80. The van der Waals surface area contributed by atoms with Gasteiger partial charge in [-0.3, -0.25) is 14.5 Å². The van der Waals surface area contributed by atoms with Gasteiger partial charge in [-0.05, 0) is 41.3 Å². The molecule has 1 atom stereocenters. The van der Waals surface area contributed by atoms with Gasteiger partial charge in [-0.2, -0.15) is 5.10 Å². The van der Waals surface area contributed by atoms with Crippen molar-refractivity contribution < 1.29 is 23.5 Å². The highest BCUT2D eigenvalue weighted by Gasteiger charge is 2.35. The molecule has 1 fully saturated rings. The van der Waals surface area contributed by atoms with Crippen molar-refractivity contribution in [3.63, 3.8) is 0 Å². The van der Waals surface area contributed by atoms with E-state index in [2.05, 4.69) is 4.90 Å². The maximum Gasteiger partial charge on any atom is 0.262 e. The first-order chi connectivity index (χ1) is 19.0. The number of methoxy groups -OCH3 is 1. The molecule has 2 amide bonds. The quantitative estimate of drug-likeness (QED) is 0.402. The van der Waals surface area contributed by atoms with E-state index in [9.17, 15) is 14.0 Å². The maximum atomic E-state index is 14.6. The number of carbonyl (C=O) groups excluding carboxylic acids is 2. The number of hydrazone groups is 1. The van der Waals surface area contributed by atoms with E-state index in [4.69, 9.17) is 14.6 Å². The molecule has 2 aliphatic rings. The molecule has 5 rings (SSSR count). The number of hydrogen-bond acceptors (Lipinski definition) is 7. The summed E-state index contributed by atoms with van der Waals surface area (Å²) in [5.74, 6) is -0.730. The van der Waals surface area contributed by atoms with Crippen molar-refractivity contribution in [2.45, 2.75) is 12.5 Å². The molecule has 0 unspecified atom stereocenters. The zero-order valence-electron chi connectivity index (χ0n) is 21.8. The number of amides is 2. The lowest BCUT2D eigenvalue weighted by Gasteiger charge is -2.31. The Morgan fingerprint density at radius 2 is 1.87 bits per heavy atom. The molecule has 0 radical (unpaired) electrons. The molecular weight excluding hydrogens is 519 g/mol.